The predicted octanol–water partition coefficient (Wildman–Crippen LogP) is 3.82. The molecular weight excluding hydrogens is 305 g/mol. The van der Waals surface area contributed by atoms with Gasteiger partial charge in [0.25, 0.3) is 0 Å². The highest BCUT2D eigenvalue weighted by atomic mass is 19.1. The molecule has 1 aromatic heterocycles. The Balaban J connectivity index is 1.52. The van der Waals surface area contributed by atoms with E-state index in [1.807, 2.05) is 28.9 Å². The van der Waals surface area contributed by atoms with Gasteiger partial charge < -0.3 is 4.84 Å². The van der Waals surface area contributed by atoms with Crippen LogP contribution in [0, 0.1) is 5.82 Å². The number of aryl methyl sites for hydroxylation is 2. The third-order valence-electron chi connectivity index (χ3n) is 3.61. The van der Waals surface area contributed by atoms with Crippen molar-refractivity contribution in [3.63, 3.8) is 0 Å². The average Bonchev–Trinajstić information content (AvgIpc) is 3.07. The summed E-state index contributed by atoms with van der Waals surface area (Å²) >= 11 is 0. The smallest absolute Gasteiger partial charge is 0.142 e. The lowest BCUT2D eigenvalue weighted by molar-refractivity contribution is 0.132. The number of oxime groups is 1. The summed E-state index contributed by atoms with van der Waals surface area (Å²) in [5.74, 6) is -0.260. The molecule has 1 heterocycles. The van der Waals surface area contributed by atoms with E-state index < -0.39 is 0 Å². The lowest BCUT2D eigenvalue weighted by atomic mass is 10.1. The molecule has 0 saturated heterocycles. The summed E-state index contributed by atoms with van der Waals surface area (Å²) in [4.78, 5) is 5.26. The Morgan fingerprint density at radius 1 is 1.00 bits per heavy atom. The lowest BCUT2D eigenvalue weighted by Crippen LogP contribution is -2.07. The molecule has 0 saturated carbocycles. The molecular formula is C19H18FN3O. The first-order chi connectivity index (χ1) is 11.8. The second kappa shape index (κ2) is 8.06. The Morgan fingerprint density at radius 2 is 1.79 bits per heavy atom. The van der Waals surface area contributed by atoms with Crippen LogP contribution in [-0.4, -0.2) is 16.0 Å². The minimum atomic E-state index is -0.260. The Bertz CT molecular complexity index is 782. The van der Waals surface area contributed by atoms with E-state index in [0.717, 1.165) is 24.2 Å². The molecule has 2 aromatic carbocycles. The highest BCUT2D eigenvalue weighted by molar-refractivity contribution is 5.76. The number of halogens is 1. The van der Waals surface area contributed by atoms with Gasteiger partial charge in [-0.3, -0.25) is 4.68 Å². The van der Waals surface area contributed by atoms with Crippen LogP contribution in [0.25, 0.3) is 0 Å². The van der Waals surface area contributed by atoms with Gasteiger partial charge in [0.15, 0.2) is 0 Å². The fourth-order valence-electron chi connectivity index (χ4n) is 2.30. The van der Waals surface area contributed by atoms with Crippen molar-refractivity contribution in [1.29, 1.82) is 0 Å². The summed E-state index contributed by atoms with van der Waals surface area (Å²) in [7, 11) is 0. The molecule has 5 heteroatoms. The van der Waals surface area contributed by atoms with Crippen LogP contribution in [0.1, 0.15) is 16.8 Å². The highest BCUT2D eigenvalue weighted by Gasteiger charge is 2.01. The van der Waals surface area contributed by atoms with Crippen molar-refractivity contribution >= 4 is 6.21 Å². The van der Waals surface area contributed by atoms with E-state index in [1.165, 1.54) is 17.7 Å². The van der Waals surface area contributed by atoms with E-state index in [9.17, 15) is 4.39 Å². The molecule has 3 aromatic rings. The largest absolute Gasteiger partial charge is 0.391 e. The van der Waals surface area contributed by atoms with Crippen molar-refractivity contribution in [3.05, 3.63) is 89.5 Å². The summed E-state index contributed by atoms with van der Waals surface area (Å²) in [6.45, 7) is 1.07. The first-order valence-electron chi connectivity index (χ1n) is 7.77. The van der Waals surface area contributed by atoms with Crippen molar-refractivity contribution in [1.82, 2.24) is 9.78 Å². The molecule has 122 valence electrons. The summed E-state index contributed by atoms with van der Waals surface area (Å²) in [5.41, 5.74) is 3.01. The van der Waals surface area contributed by atoms with Crippen molar-refractivity contribution < 1.29 is 9.23 Å². The topological polar surface area (TPSA) is 39.4 Å². The van der Waals surface area contributed by atoms with Crippen LogP contribution in [0.4, 0.5) is 4.39 Å². The Hall–Kier alpha value is -2.95. The molecule has 0 aliphatic carbocycles. The Labute approximate surface area is 140 Å². The number of benzene rings is 2. The first-order valence-corrected chi connectivity index (χ1v) is 7.77. The van der Waals surface area contributed by atoms with Gasteiger partial charge in [-0.15, -0.1) is 0 Å². The minimum absolute atomic E-state index is 0.260. The van der Waals surface area contributed by atoms with E-state index in [-0.39, 0.29) is 5.82 Å². The van der Waals surface area contributed by atoms with Gasteiger partial charge in [0.1, 0.15) is 12.4 Å². The van der Waals surface area contributed by atoms with E-state index in [1.54, 1.807) is 24.5 Å². The molecule has 0 atom stereocenters. The van der Waals surface area contributed by atoms with Crippen molar-refractivity contribution in [2.45, 2.75) is 19.6 Å². The van der Waals surface area contributed by atoms with Gasteiger partial charge in [-0.2, -0.15) is 5.10 Å². The third-order valence-corrected chi connectivity index (χ3v) is 3.61. The molecule has 0 spiro atoms. The number of aromatic nitrogens is 2. The van der Waals surface area contributed by atoms with Crippen LogP contribution < -0.4 is 0 Å². The van der Waals surface area contributed by atoms with Gasteiger partial charge in [-0.1, -0.05) is 47.6 Å². The molecule has 0 amide bonds. The molecule has 0 radical (unpaired) electrons. The maximum absolute atomic E-state index is 12.8. The number of rotatable bonds is 7. The molecule has 4 nitrogen and oxygen atoms in total. The van der Waals surface area contributed by atoms with Crippen LogP contribution in [-0.2, 0) is 24.4 Å². The third kappa shape index (κ3) is 4.52. The highest BCUT2D eigenvalue weighted by Crippen LogP contribution is 2.05. The molecule has 0 unspecified atom stereocenters. The zero-order valence-corrected chi connectivity index (χ0v) is 13.2. The van der Waals surface area contributed by atoms with E-state index in [2.05, 4.69) is 22.4 Å². The van der Waals surface area contributed by atoms with Gasteiger partial charge in [0, 0.05) is 12.7 Å². The fourth-order valence-corrected chi connectivity index (χ4v) is 2.30. The van der Waals surface area contributed by atoms with Gasteiger partial charge in [-0.05, 0) is 35.7 Å². The van der Waals surface area contributed by atoms with Crippen LogP contribution in [0.5, 0.6) is 0 Å². The monoisotopic (exact) mass is 323 g/mol. The predicted molar refractivity (Wildman–Crippen MR) is 91.2 cm³/mol. The van der Waals surface area contributed by atoms with Gasteiger partial charge in [0.05, 0.1) is 11.9 Å². The first kappa shape index (κ1) is 15.9. The minimum Gasteiger partial charge on any atom is -0.391 e. The fraction of sp³-hybridized carbons (Fsp3) is 0.158. The van der Waals surface area contributed by atoms with E-state index in [4.69, 9.17) is 4.84 Å². The molecule has 0 bridgehead atoms. The molecule has 0 aliphatic rings. The maximum atomic E-state index is 12.8. The average molecular weight is 323 g/mol. The van der Waals surface area contributed by atoms with Gasteiger partial charge in [-0.25, -0.2) is 4.39 Å². The van der Waals surface area contributed by atoms with Crippen molar-refractivity contribution in [2.75, 3.05) is 0 Å². The normalized spacial score (nSPS) is 11.0. The van der Waals surface area contributed by atoms with Crippen LogP contribution in [0.3, 0.4) is 0 Å². The Morgan fingerprint density at radius 3 is 2.58 bits per heavy atom. The second-order valence-electron chi connectivity index (χ2n) is 5.35. The van der Waals surface area contributed by atoms with Crippen LogP contribution in [0.2, 0.25) is 0 Å². The number of hydrogen-bond acceptors (Lipinski definition) is 3. The van der Waals surface area contributed by atoms with Crippen LogP contribution in [0.15, 0.2) is 72.0 Å². The van der Waals surface area contributed by atoms with Gasteiger partial charge >= 0.3 is 0 Å². The van der Waals surface area contributed by atoms with E-state index >= 15 is 0 Å². The molecule has 3 rings (SSSR count). The quantitative estimate of drug-likeness (QED) is 0.490. The Kier molecular flexibility index (Phi) is 5.35. The second-order valence-corrected chi connectivity index (χ2v) is 5.35. The molecule has 0 N–H and O–H groups in total. The van der Waals surface area contributed by atoms with Crippen molar-refractivity contribution in [3.8, 4) is 0 Å². The number of nitrogens with zero attached hydrogens (tertiary/aromatic N) is 3. The zero-order valence-electron chi connectivity index (χ0n) is 13.2. The summed E-state index contributed by atoms with van der Waals surface area (Å²) < 4.78 is 14.7. The van der Waals surface area contributed by atoms with Crippen molar-refractivity contribution in [2.24, 2.45) is 5.16 Å². The number of hydrogen-bond donors (Lipinski definition) is 0. The standard InChI is InChI=1S/C19H18FN3O/c20-18-8-6-17(7-9-18)15-24-22-14-19-10-12-21-23(19)13-11-16-4-2-1-3-5-16/h1-10,12,14H,11,13,15H2/b22-14+. The molecule has 0 aliphatic heterocycles. The summed E-state index contributed by atoms with van der Waals surface area (Å²) in [6, 6.07) is 18.3. The maximum Gasteiger partial charge on any atom is 0.142 e. The summed E-state index contributed by atoms with van der Waals surface area (Å²) in [6.07, 6.45) is 4.29. The van der Waals surface area contributed by atoms with E-state index in [0.29, 0.717) is 6.61 Å². The molecule has 24 heavy (non-hydrogen) atoms. The SMILES string of the molecule is Fc1ccc(CO/N=C/c2ccnn2CCc2ccccc2)cc1. The van der Waals surface area contributed by atoms with Crippen LogP contribution >= 0.6 is 0 Å². The molecule has 0 fully saturated rings. The van der Waals surface area contributed by atoms with Gasteiger partial charge in [0.2, 0.25) is 0 Å². The lowest BCUT2D eigenvalue weighted by Gasteiger charge is -2.04. The summed E-state index contributed by atoms with van der Waals surface area (Å²) in [5, 5.41) is 8.27. The zero-order chi connectivity index (χ0) is 16.6.